The zero-order chi connectivity index (χ0) is 17.6. The second-order valence-electron chi connectivity index (χ2n) is 5.56. The second-order valence-corrected chi connectivity index (χ2v) is 5.56. The first-order valence-corrected chi connectivity index (χ1v) is 7.48. The molecule has 0 amide bonds. The number of aromatic nitrogens is 4. The third-order valence-corrected chi connectivity index (χ3v) is 3.85. The molecule has 0 aliphatic heterocycles. The number of para-hydroxylation sites is 1. The Morgan fingerprint density at radius 1 is 1.00 bits per heavy atom. The Kier molecular flexibility index (Phi) is 3.34. The minimum Gasteiger partial charge on any atom is -0.325 e. The number of aryl methyl sites for hydroxylation is 1. The van der Waals surface area contributed by atoms with E-state index >= 15 is 0 Å². The minimum absolute atomic E-state index is 0.284. The van der Waals surface area contributed by atoms with Crippen LogP contribution in [-0.4, -0.2) is 19.6 Å². The smallest absolute Gasteiger partial charge is 0.325 e. The Hall–Kier alpha value is -3.16. The van der Waals surface area contributed by atoms with Crippen LogP contribution in [0, 0.1) is 6.92 Å². The zero-order valence-electron chi connectivity index (χ0n) is 13.0. The quantitative estimate of drug-likeness (QED) is 0.588. The number of halogens is 3. The van der Waals surface area contributed by atoms with Crippen LogP contribution in [0.4, 0.5) is 24.8 Å². The van der Waals surface area contributed by atoms with Gasteiger partial charge in [-0.3, -0.25) is 0 Å². The molecule has 4 rings (SSSR count). The molecule has 25 heavy (non-hydrogen) atoms. The van der Waals surface area contributed by atoms with Gasteiger partial charge in [-0.25, -0.2) is 9.38 Å². The lowest BCUT2D eigenvalue weighted by molar-refractivity contribution is -0.137. The molecule has 0 saturated carbocycles. The molecule has 0 saturated heterocycles. The highest BCUT2D eigenvalue weighted by atomic mass is 19.4. The fourth-order valence-corrected chi connectivity index (χ4v) is 2.70. The summed E-state index contributed by atoms with van der Waals surface area (Å²) in [6.07, 6.45) is -4.41. The highest BCUT2D eigenvalue weighted by Gasteiger charge is 2.30. The first-order valence-electron chi connectivity index (χ1n) is 7.48. The molecule has 1 N–H and O–H groups in total. The Morgan fingerprint density at radius 3 is 2.60 bits per heavy atom. The molecule has 0 bridgehead atoms. The molecule has 0 spiro atoms. The van der Waals surface area contributed by atoms with Gasteiger partial charge in [-0.2, -0.15) is 13.2 Å². The van der Waals surface area contributed by atoms with Crippen LogP contribution in [0.5, 0.6) is 0 Å². The number of fused-ring (bicyclic) bond motifs is 3. The normalized spacial score (nSPS) is 12.0. The second kappa shape index (κ2) is 5.44. The lowest BCUT2D eigenvalue weighted by atomic mass is 10.2. The van der Waals surface area contributed by atoms with Gasteiger partial charge in [0.15, 0.2) is 5.65 Å². The third kappa shape index (κ3) is 2.65. The topological polar surface area (TPSA) is 55.1 Å². The first-order chi connectivity index (χ1) is 11.9. The van der Waals surface area contributed by atoms with Gasteiger partial charge in [0.25, 0.3) is 0 Å². The molecule has 0 aliphatic carbocycles. The summed E-state index contributed by atoms with van der Waals surface area (Å²) in [7, 11) is 0. The number of benzene rings is 2. The minimum atomic E-state index is -4.41. The molecule has 0 aliphatic rings. The number of nitrogens with one attached hydrogen (secondary N) is 1. The van der Waals surface area contributed by atoms with Crippen LogP contribution in [0.25, 0.3) is 16.6 Å². The Morgan fingerprint density at radius 2 is 1.80 bits per heavy atom. The standard InChI is InChI=1S/C17H12F3N5/c1-10-23-24-15-13-7-2-3-8-14(13)22-16(25(10)15)21-12-6-4-5-11(9-12)17(18,19)20/h2-9H,1H3,(H,21,22). The highest BCUT2D eigenvalue weighted by molar-refractivity contribution is 5.92. The number of hydrogen-bond acceptors (Lipinski definition) is 4. The predicted octanol–water partition coefficient (Wildman–Crippen LogP) is 4.35. The van der Waals surface area contributed by atoms with Gasteiger partial charge in [0.2, 0.25) is 5.95 Å². The molecule has 126 valence electrons. The number of anilines is 2. The number of rotatable bonds is 2. The number of hydrogen-bond donors (Lipinski definition) is 1. The van der Waals surface area contributed by atoms with Crippen LogP contribution in [-0.2, 0) is 6.18 Å². The van der Waals surface area contributed by atoms with Gasteiger partial charge in [-0.1, -0.05) is 18.2 Å². The van der Waals surface area contributed by atoms with Gasteiger partial charge in [-0.05, 0) is 37.3 Å². The molecule has 0 radical (unpaired) electrons. The van der Waals surface area contributed by atoms with Crippen LogP contribution in [0.15, 0.2) is 48.5 Å². The van der Waals surface area contributed by atoms with E-state index in [9.17, 15) is 13.2 Å². The summed E-state index contributed by atoms with van der Waals surface area (Å²) in [5.41, 5.74) is 0.830. The average molecular weight is 343 g/mol. The Bertz CT molecular complexity index is 1080. The van der Waals surface area contributed by atoms with Crippen molar-refractivity contribution in [2.75, 3.05) is 5.32 Å². The van der Waals surface area contributed by atoms with Crippen molar-refractivity contribution < 1.29 is 13.2 Å². The summed E-state index contributed by atoms with van der Waals surface area (Å²) >= 11 is 0. The Labute approximate surface area is 140 Å². The summed E-state index contributed by atoms with van der Waals surface area (Å²) in [6, 6.07) is 12.4. The summed E-state index contributed by atoms with van der Waals surface area (Å²) in [4.78, 5) is 4.51. The lowest BCUT2D eigenvalue weighted by Gasteiger charge is -2.12. The summed E-state index contributed by atoms with van der Waals surface area (Å²) in [5, 5.41) is 12.0. The first kappa shape index (κ1) is 15.4. The molecule has 2 heterocycles. The van der Waals surface area contributed by atoms with Gasteiger partial charge in [-0.15, -0.1) is 10.2 Å². The van der Waals surface area contributed by atoms with Crippen LogP contribution in [0.2, 0.25) is 0 Å². The van der Waals surface area contributed by atoms with Crippen LogP contribution < -0.4 is 5.32 Å². The maximum absolute atomic E-state index is 12.9. The molecule has 0 unspecified atom stereocenters. The van der Waals surface area contributed by atoms with Gasteiger partial charge in [0.05, 0.1) is 11.1 Å². The summed E-state index contributed by atoms with van der Waals surface area (Å²) in [5.74, 6) is 0.943. The number of alkyl halides is 3. The maximum atomic E-state index is 12.9. The molecule has 4 aromatic rings. The summed E-state index contributed by atoms with van der Waals surface area (Å²) < 4.78 is 40.4. The van der Waals surface area contributed by atoms with E-state index in [0.717, 1.165) is 17.5 Å². The van der Waals surface area contributed by atoms with E-state index < -0.39 is 11.7 Å². The fourth-order valence-electron chi connectivity index (χ4n) is 2.70. The molecular formula is C17H12F3N5. The van der Waals surface area contributed by atoms with Gasteiger partial charge >= 0.3 is 6.18 Å². The fraction of sp³-hybridized carbons (Fsp3) is 0.118. The molecule has 5 nitrogen and oxygen atoms in total. The van der Waals surface area contributed by atoms with E-state index in [4.69, 9.17) is 0 Å². The Balaban J connectivity index is 1.88. The van der Waals surface area contributed by atoms with E-state index in [0.29, 0.717) is 22.9 Å². The van der Waals surface area contributed by atoms with Crippen molar-refractivity contribution in [3.05, 3.63) is 59.9 Å². The van der Waals surface area contributed by atoms with E-state index in [1.54, 1.807) is 17.4 Å². The van der Waals surface area contributed by atoms with E-state index in [1.807, 2.05) is 24.3 Å². The van der Waals surface area contributed by atoms with E-state index in [2.05, 4.69) is 20.5 Å². The molecular weight excluding hydrogens is 331 g/mol. The van der Waals surface area contributed by atoms with E-state index in [-0.39, 0.29) is 5.69 Å². The summed E-state index contributed by atoms with van der Waals surface area (Å²) in [6.45, 7) is 1.76. The monoisotopic (exact) mass is 343 g/mol. The van der Waals surface area contributed by atoms with Gasteiger partial charge < -0.3 is 5.32 Å². The average Bonchev–Trinajstić information content (AvgIpc) is 2.97. The molecule has 2 aromatic carbocycles. The largest absolute Gasteiger partial charge is 0.416 e. The maximum Gasteiger partial charge on any atom is 0.416 e. The predicted molar refractivity (Wildman–Crippen MR) is 87.8 cm³/mol. The van der Waals surface area contributed by atoms with Crippen molar-refractivity contribution in [3.63, 3.8) is 0 Å². The molecule has 0 atom stereocenters. The van der Waals surface area contributed by atoms with Crippen LogP contribution >= 0.6 is 0 Å². The zero-order valence-corrected chi connectivity index (χ0v) is 13.0. The van der Waals surface area contributed by atoms with Crippen molar-refractivity contribution in [2.24, 2.45) is 0 Å². The molecule has 2 aromatic heterocycles. The van der Waals surface area contributed by atoms with Crippen molar-refractivity contribution in [1.29, 1.82) is 0 Å². The van der Waals surface area contributed by atoms with Crippen molar-refractivity contribution in [3.8, 4) is 0 Å². The SMILES string of the molecule is Cc1nnc2c3ccccc3nc(Nc3cccc(C(F)(F)F)c3)n12. The van der Waals surface area contributed by atoms with E-state index in [1.165, 1.54) is 6.07 Å². The molecule has 0 fully saturated rings. The van der Waals surface area contributed by atoms with Gasteiger partial charge in [0, 0.05) is 11.1 Å². The van der Waals surface area contributed by atoms with Crippen LogP contribution in [0.1, 0.15) is 11.4 Å². The third-order valence-electron chi connectivity index (χ3n) is 3.85. The lowest BCUT2D eigenvalue weighted by Crippen LogP contribution is -2.07. The number of nitrogens with zero attached hydrogens (tertiary/aromatic N) is 4. The van der Waals surface area contributed by atoms with Crippen molar-refractivity contribution in [1.82, 2.24) is 19.6 Å². The molecule has 8 heteroatoms. The van der Waals surface area contributed by atoms with Crippen molar-refractivity contribution >= 4 is 28.2 Å². The highest BCUT2D eigenvalue weighted by Crippen LogP contribution is 2.31. The van der Waals surface area contributed by atoms with Gasteiger partial charge in [0.1, 0.15) is 5.82 Å². The van der Waals surface area contributed by atoms with Crippen LogP contribution in [0.3, 0.4) is 0 Å². The van der Waals surface area contributed by atoms with Crippen molar-refractivity contribution in [2.45, 2.75) is 13.1 Å².